The summed E-state index contributed by atoms with van der Waals surface area (Å²) in [5.41, 5.74) is 2.96. The lowest BCUT2D eigenvalue weighted by molar-refractivity contribution is 0.112. The van der Waals surface area contributed by atoms with Crippen LogP contribution in [-0.4, -0.2) is 20.8 Å². The Morgan fingerprint density at radius 2 is 2.06 bits per heavy atom. The third-order valence-corrected chi connectivity index (χ3v) is 2.75. The van der Waals surface area contributed by atoms with E-state index in [1.54, 1.807) is 40.9 Å². The molecular weight excluding hydrogens is 228 g/mol. The van der Waals surface area contributed by atoms with Crippen molar-refractivity contribution in [2.75, 3.05) is 0 Å². The lowest BCUT2D eigenvalue weighted by atomic mass is 10.1. The van der Waals surface area contributed by atoms with E-state index < -0.39 is 0 Å². The summed E-state index contributed by atoms with van der Waals surface area (Å²) >= 11 is 0. The quantitative estimate of drug-likeness (QED) is 0.698. The van der Waals surface area contributed by atoms with Crippen molar-refractivity contribution in [3.63, 3.8) is 0 Å². The average Bonchev–Trinajstić information content (AvgIpc) is 2.81. The molecule has 0 aliphatic carbocycles. The van der Waals surface area contributed by atoms with Crippen LogP contribution in [0.2, 0.25) is 0 Å². The van der Waals surface area contributed by atoms with Crippen LogP contribution in [-0.2, 0) is 0 Å². The van der Waals surface area contributed by atoms with E-state index in [-0.39, 0.29) is 5.75 Å². The molecule has 0 saturated heterocycles. The Morgan fingerprint density at radius 1 is 1.17 bits per heavy atom. The number of fused-ring (bicyclic) bond motifs is 1. The lowest BCUT2D eigenvalue weighted by Gasteiger charge is -1.96. The molecule has 1 aromatic carbocycles. The SMILES string of the molecule is O=Cc1ccc2nc(-c3cccc(O)c3)cn2c1. The van der Waals surface area contributed by atoms with Crippen molar-refractivity contribution in [1.29, 1.82) is 0 Å². The van der Waals surface area contributed by atoms with Gasteiger partial charge < -0.3 is 9.51 Å². The molecule has 3 rings (SSSR count). The first kappa shape index (κ1) is 10.5. The predicted molar refractivity (Wildman–Crippen MR) is 67.7 cm³/mol. The number of aromatic hydroxyl groups is 1. The zero-order valence-electron chi connectivity index (χ0n) is 9.45. The number of hydrogen-bond acceptors (Lipinski definition) is 3. The highest BCUT2D eigenvalue weighted by molar-refractivity contribution is 5.75. The van der Waals surface area contributed by atoms with Crippen LogP contribution in [0.1, 0.15) is 10.4 Å². The molecule has 0 unspecified atom stereocenters. The van der Waals surface area contributed by atoms with Crippen LogP contribution in [0.5, 0.6) is 5.75 Å². The van der Waals surface area contributed by atoms with E-state index in [2.05, 4.69) is 4.98 Å². The van der Waals surface area contributed by atoms with Gasteiger partial charge in [-0.05, 0) is 24.3 Å². The van der Waals surface area contributed by atoms with Crippen LogP contribution in [0.15, 0.2) is 48.8 Å². The van der Waals surface area contributed by atoms with Gasteiger partial charge in [0.15, 0.2) is 6.29 Å². The van der Waals surface area contributed by atoms with Crippen molar-refractivity contribution >= 4 is 11.9 Å². The van der Waals surface area contributed by atoms with Crippen LogP contribution in [0.4, 0.5) is 0 Å². The topological polar surface area (TPSA) is 54.6 Å². The largest absolute Gasteiger partial charge is 0.508 e. The third-order valence-electron chi connectivity index (χ3n) is 2.75. The molecule has 0 fully saturated rings. The van der Waals surface area contributed by atoms with Crippen LogP contribution in [0, 0.1) is 0 Å². The van der Waals surface area contributed by atoms with E-state index >= 15 is 0 Å². The molecule has 0 aliphatic rings. The molecule has 4 heteroatoms. The smallest absolute Gasteiger partial charge is 0.151 e. The van der Waals surface area contributed by atoms with Crippen molar-refractivity contribution < 1.29 is 9.90 Å². The molecule has 0 saturated carbocycles. The second kappa shape index (κ2) is 4.00. The number of imidazole rings is 1. The van der Waals surface area contributed by atoms with Gasteiger partial charge in [0, 0.05) is 23.5 Å². The van der Waals surface area contributed by atoms with E-state index in [4.69, 9.17) is 0 Å². The maximum absolute atomic E-state index is 10.7. The van der Waals surface area contributed by atoms with Gasteiger partial charge in [-0.3, -0.25) is 4.79 Å². The van der Waals surface area contributed by atoms with Gasteiger partial charge in [-0.2, -0.15) is 0 Å². The summed E-state index contributed by atoms with van der Waals surface area (Å²) in [4.78, 5) is 15.1. The fraction of sp³-hybridized carbons (Fsp3) is 0. The highest BCUT2D eigenvalue weighted by Crippen LogP contribution is 2.22. The number of hydrogen-bond donors (Lipinski definition) is 1. The molecule has 0 radical (unpaired) electrons. The van der Waals surface area contributed by atoms with Gasteiger partial charge in [0.05, 0.1) is 5.69 Å². The Labute approximate surface area is 103 Å². The van der Waals surface area contributed by atoms with Crippen molar-refractivity contribution in [2.45, 2.75) is 0 Å². The highest BCUT2D eigenvalue weighted by Gasteiger charge is 2.05. The number of nitrogens with zero attached hydrogens (tertiary/aromatic N) is 2. The van der Waals surface area contributed by atoms with E-state index in [0.717, 1.165) is 23.2 Å². The molecule has 3 aromatic rings. The number of aromatic nitrogens is 2. The van der Waals surface area contributed by atoms with Gasteiger partial charge in [-0.15, -0.1) is 0 Å². The van der Waals surface area contributed by atoms with Crippen molar-refractivity contribution in [3.05, 3.63) is 54.4 Å². The number of rotatable bonds is 2. The molecule has 18 heavy (non-hydrogen) atoms. The van der Waals surface area contributed by atoms with Crippen molar-refractivity contribution in [3.8, 4) is 17.0 Å². The van der Waals surface area contributed by atoms with Gasteiger partial charge in [-0.1, -0.05) is 12.1 Å². The summed E-state index contributed by atoms with van der Waals surface area (Å²) < 4.78 is 1.79. The number of aldehydes is 1. The molecule has 4 nitrogen and oxygen atoms in total. The summed E-state index contributed by atoms with van der Waals surface area (Å²) in [6.07, 6.45) is 4.35. The van der Waals surface area contributed by atoms with Crippen LogP contribution < -0.4 is 0 Å². The number of phenols is 1. The summed E-state index contributed by atoms with van der Waals surface area (Å²) in [5, 5.41) is 9.45. The first-order chi connectivity index (χ1) is 8.76. The molecule has 0 amide bonds. The summed E-state index contributed by atoms with van der Waals surface area (Å²) in [6, 6.07) is 10.4. The van der Waals surface area contributed by atoms with E-state index in [1.165, 1.54) is 0 Å². The molecular formula is C14H10N2O2. The van der Waals surface area contributed by atoms with E-state index in [9.17, 15) is 9.90 Å². The second-order valence-electron chi connectivity index (χ2n) is 4.02. The number of phenolic OH excluding ortho intramolecular Hbond substituents is 1. The van der Waals surface area contributed by atoms with E-state index in [0.29, 0.717) is 5.56 Å². The van der Waals surface area contributed by atoms with Gasteiger partial charge in [0.25, 0.3) is 0 Å². The molecule has 0 aliphatic heterocycles. The number of carbonyl (C=O) groups excluding carboxylic acids is 1. The van der Waals surface area contributed by atoms with Crippen LogP contribution >= 0.6 is 0 Å². The van der Waals surface area contributed by atoms with Gasteiger partial charge in [-0.25, -0.2) is 4.98 Å². The summed E-state index contributed by atoms with van der Waals surface area (Å²) in [6.45, 7) is 0. The zero-order valence-corrected chi connectivity index (χ0v) is 9.45. The Bertz CT molecular complexity index is 731. The Kier molecular flexibility index (Phi) is 2.34. The van der Waals surface area contributed by atoms with Crippen molar-refractivity contribution in [2.24, 2.45) is 0 Å². The minimum Gasteiger partial charge on any atom is -0.508 e. The first-order valence-electron chi connectivity index (χ1n) is 5.49. The Morgan fingerprint density at radius 3 is 2.83 bits per heavy atom. The zero-order chi connectivity index (χ0) is 12.5. The third kappa shape index (κ3) is 1.73. The molecule has 0 atom stereocenters. The molecule has 0 spiro atoms. The minimum atomic E-state index is 0.207. The molecule has 1 N–H and O–H groups in total. The monoisotopic (exact) mass is 238 g/mol. The number of carbonyl (C=O) groups is 1. The van der Waals surface area contributed by atoms with Gasteiger partial charge in [0.2, 0.25) is 0 Å². The first-order valence-corrected chi connectivity index (χ1v) is 5.49. The fourth-order valence-corrected chi connectivity index (χ4v) is 1.88. The normalized spacial score (nSPS) is 10.7. The molecule has 2 heterocycles. The minimum absolute atomic E-state index is 0.207. The second-order valence-corrected chi connectivity index (χ2v) is 4.02. The van der Waals surface area contributed by atoms with Crippen LogP contribution in [0.3, 0.4) is 0 Å². The van der Waals surface area contributed by atoms with Gasteiger partial charge in [0.1, 0.15) is 11.4 Å². The average molecular weight is 238 g/mol. The molecule has 2 aromatic heterocycles. The lowest BCUT2D eigenvalue weighted by Crippen LogP contribution is -1.86. The molecule has 0 bridgehead atoms. The standard InChI is InChI=1S/C14H10N2O2/c17-9-10-4-5-14-15-13(8-16(14)7-10)11-2-1-3-12(18)6-11/h1-9,18H. The number of benzene rings is 1. The summed E-state index contributed by atoms with van der Waals surface area (Å²) in [7, 11) is 0. The molecule has 88 valence electrons. The van der Waals surface area contributed by atoms with Gasteiger partial charge >= 0.3 is 0 Å². The van der Waals surface area contributed by atoms with E-state index in [1.807, 2.05) is 12.3 Å². The van der Waals surface area contributed by atoms with Crippen LogP contribution in [0.25, 0.3) is 16.9 Å². The fourth-order valence-electron chi connectivity index (χ4n) is 1.88. The van der Waals surface area contributed by atoms with Crippen molar-refractivity contribution in [1.82, 2.24) is 9.38 Å². The highest BCUT2D eigenvalue weighted by atomic mass is 16.3. The Balaban J connectivity index is 2.16. The Hall–Kier alpha value is -2.62. The predicted octanol–water partition coefficient (Wildman–Crippen LogP) is 2.52. The maximum Gasteiger partial charge on any atom is 0.151 e. The maximum atomic E-state index is 10.7. The number of pyridine rings is 1. The summed E-state index contributed by atoms with van der Waals surface area (Å²) in [5.74, 6) is 0.207.